The first-order chi connectivity index (χ1) is 12.7. The van der Waals surface area contributed by atoms with E-state index in [0.717, 1.165) is 17.4 Å². The highest BCUT2D eigenvalue weighted by Crippen LogP contribution is 2.26. The summed E-state index contributed by atoms with van der Waals surface area (Å²) < 4.78 is 5.28. The number of hydrogen-bond donors (Lipinski definition) is 1. The summed E-state index contributed by atoms with van der Waals surface area (Å²) in [4.78, 5) is 23.7. The molecule has 1 amide bonds. The Morgan fingerprint density at radius 2 is 1.73 bits per heavy atom. The summed E-state index contributed by atoms with van der Waals surface area (Å²) in [5.41, 5.74) is 3.71. The summed E-state index contributed by atoms with van der Waals surface area (Å²) in [7, 11) is 1.50. The summed E-state index contributed by atoms with van der Waals surface area (Å²) >= 11 is 0. The van der Waals surface area contributed by atoms with Gasteiger partial charge in [-0.2, -0.15) is 0 Å². The lowest BCUT2D eigenvalue weighted by Gasteiger charge is -2.13. The van der Waals surface area contributed by atoms with Crippen LogP contribution < -0.4 is 10.1 Å². The van der Waals surface area contributed by atoms with Crippen molar-refractivity contribution in [2.75, 3.05) is 12.4 Å². The van der Waals surface area contributed by atoms with Crippen LogP contribution in [0, 0.1) is 0 Å². The zero-order valence-corrected chi connectivity index (χ0v) is 14.4. The van der Waals surface area contributed by atoms with Crippen LogP contribution in [0.5, 0.6) is 5.75 Å². The van der Waals surface area contributed by atoms with Crippen LogP contribution in [-0.4, -0.2) is 19.3 Å². The molecule has 3 aromatic carbocycles. The van der Waals surface area contributed by atoms with Crippen LogP contribution in [0.2, 0.25) is 0 Å². The fraction of sp³-hybridized carbons (Fsp3) is 0.0909. The van der Waals surface area contributed by atoms with E-state index in [-0.39, 0.29) is 5.91 Å². The number of anilines is 1. The lowest BCUT2D eigenvalue weighted by Crippen LogP contribution is -2.15. The molecule has 0 bridgehead atoms. The van der Waals surface area contributed by atoms with Crippen molar-refractivity contribution in [2.24, 2.45) is 0 Å². The minimum Gasteiger partial charge on any atom is -0.495 e. The van der Waals surface area contributed by atoms with Crippen LogP contribution in [0.3, 0.4) is 0 Å². The van der Waals surface area contributed by atoms with Crippen molar-refractivity contribution in [3.05, 3.63) is 95.1 Å². The second-order valence-electron chi connectivity index (χ2n) is 5.85. The molecule has 0 aliphatic carbocycles. The van der Waals surface area contributed by atoms with E-state index >= 15 is 0 Å². The zero-order chi connectivity index (χ0) is 18.4. The Balaban J connectivity index is 1.86. The summed E-state index contributed by atoms with van der Waals surface area (Å²) in [6.45, 7) is 0. The molecule has 3 aromatic rings. The van der Waals surface area contributed by atoms with E-state index in [1.165, 1.54) is 7.11 Å². The third-order valence-corrected chi connectivity index (χ3v) is 4.11. The number of carbonyl (C=O) groups excluding carboxylic acids is 2. The summed E-state index contributed by atoms with van der Waals surface area (Å²) in [6.07, 6.45) is 1.41. The Bertz CT molecular complexity index is 920. The molecule has 4 nitrogen and oxygen atoms in total. The Hall–Kier alpha value is -3.40. The predicted molar refractivity (Wildman–Crippen MR) is 102 cm³/mol. The Labute approximate surface area is 152 Å². The van der Waals surface area contributed by atoms with Gasteiger partial charge in [-0.25, -0.2) is 0 Å². The van der Waals surface area contributed by atoms with Gasteiger partial charge in [-0.1, -0.05) is 48.5 Å². The maximum absolute atomic E-state index is 12.8. The van der Waals surface area contributed by atoms with Gasteiger partial charge in [0.2, 0.25) is 0 Å². The van der Waals surface area contributed by atoms with Crippen LogP contribution in [0.4, 0.5) is 5.69 Å². The molecule has 0 unspecified atom stereocenters. The number of carbonyl (C=O) groups is 2. The SMILES string of the molecule is COc1cc(C=O)ccc1NC(=O)c1ccccc1Cc1ccccc1. The van der Waals surface area contributed by atoms with Crippen molar-refractivity contribution in [3.8, 4) is 5.75 Å². The standard InChI is InChI=1S/C22H19NO3/c1-26-21-14-17(15-24)11-12-20(21)23-22(25)19-10-6-5-9-18(19)13-16-7-3-2-4-8-16/h2-12,14-15H,13H2,1H3,(H,23,25). The van der Waals surface area contributed by atoms with Crippen molar-refractivity contribution in [1.29, 1.82) is 0 Å². The molecule has 0 heterocycles. The van der Waals surface area contributed by atoms with Crippen molar-refractivity contribution in [2.45, 2.75) is 6.42 Å². The molecule has 130 valence electrons. The van der Waals surface area contributed by atoms with E-state index in [2.05, 4.69) is 5.32 Å². The van der Waals surface area contributed by atoms with E-state index < -0.39 is 0 Å². The molecule has 0 saturated carbocycles. The van der Waals surface area contributed by atoms with Gasteiger partial charge in [0.1, 0.15) is 12.0 Å². The second kappa shape index (κ2) is 8.12. The number of aldehydes is 1. The highest BCUT2D eigenvalue weighted by Gasteiger charge is 2.14. The average molecular weight is 345 g/mol. The molecule has 0 aromatic heterocycles. The summed E-state index contributed by atoms with van der Waals surface area (Å²) in [5.74, 6) is 0.233. The fourth-order valence-electron chi connectivity index (χ4n) is 2.79. The van der Waals surface area contributed by atoms with Crippen molar-refractivity contribution >= 4 is 17.9 Å². The molecular weight excluding hydrogens is 326 g/mol. The first-order valence-electron chi connectivity index (χ1n) is 8.27. The maximum Gasteiger partial charge on any atom is 0.256 e. The molecule has 0 fully saturated rings. The van der Waals surface area contributed by atoms with E-state index in [0.29, 0.717) is 29.0 Å². The van der Waals surface area contributed by atoms with Gasteiger partial charge in [0.05, 0.1) is 12.8 Å². The van der Waals surface area contributed by atoms with Gasteiger partial charge in [0.25, 0.3) is 5.91 Å². The zero-order valence-electron chi connectivity index (χ0n) is 14.4. The number of nitrogens with one attached hydrogen (secondary N) is 1. The third kappa shape index (κ3) is 3.98. The number of ether oxygens (including phenoxy) is 1. The molecule has 0 spiro atoms. The van der Waals surface area contributed by atoms with Crippen LogP contribution in [0.25, 0.3) is 0 Å². The Morgan fingerprint density at radius 3 is 2.46 bits per heavy atom. The van der Waals surface area contributed by atoms with E-state index in [1.807, 2.05) is 48.5 Å². The van der Waals surface area contributed by atoms with Crippen LogP contribution in [0.1, 0.15) is 31.8 Å². The van der Waals surface area contributed by atoms with Gasteiger partial charge >= 0.3 is 0 Å². The Morgan fingerprint density at radius 1 is 1.00 bits per heavy atom. The minimum absolute atomic E-state index is 0.214. The van der Waals surface area contributed by atoms with Crippen LogP contribution >= 0.6 is 0 Å². The normalized spacial score (nSPS) is 10.2. The van der Waals surface area contributed by atoms with E-state index in [9.17, 15) is 9.59 Å². The summed E-state index contributed by atoms with van der Waals surface area (Å²) in [5, 5.41) is 2.88. The predicted octanol–water partition coefficient (Wildman–Crippen LogP) is 4.35. The molecule has 0 atom stereocenters. The van der Waals surface area contributed by atoms with Gasteiger partial charge in [0.15, 0.2) is 0 Å². The molecule has 0 radical (unpaired) electrons. The average Bonchev–Trinajstić information content (AvgIpc) is 2.69. The maximum atomic E-state index is 12.8. The number of rotatable bonds is 6. The van der Waals surface area contributed by atoms with Gasteiger partial charge in [0, 0.05) is 11.1 Å². The largest absolute Gasteiger partial charge is 0.495 e. The first-order valence-corrected chi connectivity index (χ1v) is 8.27. The van der Waals surface area contributed by atoms with Crippen molar-refractivity contribution in [3.63, 3.8) is 0 Å². The molecule has 0 aliphatic rings. The van der Waals surface area contributed by atoms with Crippen LogP contribution in [0.15, 0.2) is 72.8 Å². The second-order valence-corrected chi connectivity index (χ2v) is 5.85. The van der Waals surface area contributed by atoms with Crippen molar-refractivity contribution < 1.29 is 14.3 Å². The molecule has 3 rings (SSSR count). The van der Waals surface area contributed by atoms with Gasteiger partial charge in [-0.05, 0) is 41.8 Å². The molecule has 4 heteroatoms. The number of methoxy groups -OCH3 is 1. The van der Waals surface area contributed by atoms with E-state index in [1.54, 1.807) is 24.3 Å². The monoisotopic (exact) mass is 345 g/mol. The smallest absolute Gasteiger partial charge is 0.256 e. The molecule has 26 heavy (non-hydrogen) atoms. The lowest BCUT2D eigenvalue weighted by atomic mass is 9.99. The minimum atomic E-state index is -0.214. The highest BCUT2D eigenvalue weighted by molar-refractivity contribution is 6.06. The first kappa shape index (κ1) is 17.4. The van der Waals surface area contributed by atoms with Gasteiger partial charge in [-0.3, -0.25) is 9.59 Å². The number of benzene rings is 3. The number of amides is 1. The topological polar surface area (TPSA) is 55.4 Å². The highest BCUT2D eigenvalue weighted by atomic mass is 16.5. The molecule has 1 N–H and O–H groups in total. The van der Waals surface area contributed by atoms with Crippen molar-refractivity contribution in [1.82, 2.24) is 0 Å². The molecule has 0 aliphatic heterocycles. The van der Waals surface area contributed by atoms with E-state index in [4.69, 9.17) is 4.74 Å². The van der Waals surface area contributed by atoms with Gasteiger partial charge in [-0.15, -0.1) is 0 Å². The fourth-order valence-corrected chi connectivity index (χ4v) is 2.79. The molecule has 0 saturated heterocycles. The number of hydrogen-bond acceptors (Lipinski definition) is 3. The molecular formula is C22H19NO3. The Kier molecular flexibility index (Phi) is 5.44. The van der Waals surface area contributed by atoms with Crippen LogP contribution in [-0.2, 0) is 6.42 Å². The third-order valence-electron chi connectivity index (χ3n) is 4.11. The lowest BCUT2D eigenvalue weighted by molar-refractivity contribution is 0.102. The van der Waals surface area contributed by atoms with Gasteiger partial charge < -0.3 is 10.1 Å². The quantitative estimate of drug-likeness (QED) is 0.676. The summed E-state index contributed by atoms with van der Waals surface area (Å²) in [6, 6.07) is 22.4.